The van der Waals surface area contributed by atoms with E-state index in [0.717, 1.165) is 0 Å². The van der Waals surface area contributed by atoms with Crippen molar-refractivity contribution in [2.75, 3.05) is 0 Å². The quantitative estimate of drug-likeness (QED) is 0.322. The summed E-state index contributed by atoms with van der Waals surface area (Å²) < 4.78 is 0. The number of H-pyrrole nitrogens is 1. The van der Waals surface area contributed by atoms with Gasteiger partial charge < -0.3 is 4.98 Å². The van der Waals surface area contributed by atoms with Crippen molar-refractivity contribution in [2.24, 2.45) is 0 Å². The third kappa shape index (κ3) is 2.06. The van der Waals surface area contributed by atoms with Crippen molar-refractivity contribution in [3.63, 3.8) is 0 Å². The maximum atomic E-state index is 3.70. The number of hydrogen-bond donors (Lipinski definition) is 1. The van der Waals surface area contributed by atoms with Crippen LogP contribution in [0.2, 0.25) is 0 Å². The van der Waals surface area contributed by atoms with Crippen molar-refractivity contribution in [3.8, 4) is 11.1 Å². The van der Waals surface area contributed by atoms with Gasteiger partial charge in [-0.15, -0.1) is 0 Å². The van der Waals surface area contributed by atoms with Crippen LogP contribution in [0, 0.1) is 0 Å². The van der Waals surface area contributed by atoms with Gasteiger partial charge in [0, 0.05) is 21.9 Å². The van der Waals surface area contributed by atoms with Crippen LogP contribution in [0.1, 0.15) is 0 Å². The Morgan fingerprint density at radius 2 is 1.07 bits per heavy atom. The van der Waals surface area contributed by atoms with Crippen LogP contribution in [-0.2, 0) is 0 Å². The lowest BCUT2D eigenvalue weighted by atomic mass is 9.96. The first kappa shape index (κ1) is 14.6. The summed E-state index contributed by atoms with van der Waals surface area (Å²) in [6.45, 7) is 0. The van der Waals surface area contributed by atoms with E-state index in [9.17, 15) is 0 Å². The zero-order valence-corrected chi connectivity index (χ0v) is 14.7. The van der Waals surface area contributed by atoms with Gasteiger partial charge in [-0.1, -0.05) is 91.0 Å². The minimum Gasteiger partial charge on any atom is -0.354 e. The highest BCUT2D eigenvalue weighted by Crippen LogP contribution is 2.38. The number of nitrogens with one attached hydrogen (secondary N) is 1. The number of hydrogen-bond acceptors (Lipinski definition) is 0. The van der Waals surface area contributed by atoms with E-state index in [4.69, 9.17) is 0 Å². The molecule has 0 atom stereocenters. The molecule has 0 aliphatic carbocycles. The predicted octanol–water partition coefficient (Wildman–Crippen LogP) is 7.29. The van der Waals surface area contributed by atoms with E-state index in [1.54, 1.807) is 0 Å². The van der Waals surface area contributed by atoms with Crippen molar-refractivity contribution < 1.29 is 0 Å². The summed E-state index contributed by atoms with van der Waals surface area (Å²) >= 11 is 0. The Morgan fingerprint density at radius 1 is 0.444 bits per heavy atom. The van der Waals surface area contributed by atoms with Crippen molar-refractivity contribution in [1.29, 1.82) is 0 Å². The van der Waals surface area contributed by atoms with E-state index in [1.807, 2.05) is 0 Å². The van der Waals surface area contributed by atoms with Gasteiger partial charge in [0.1, 0.15) is 0 Å². The Kier molecular flexibility index (Phi) is 2.95. The number of fused-ring (bicyclic) bond motifs is 6. The number of para-hydroxylation sites is 1. The molecular formula is C26H17N. The van der Waals surface area contributed by atoms with Crippen molar-refractivity contribution in [1.82, 2.24) is 4.98 Å². The van der Waals surface area contributed by atoms with E-state index in [2.05, 4.69) is 102 Å². The molecule has 5 aromatic carbocycles. The molecule has 27 heavy (non-hydrogen) atoms. The van der Waals surface area contributed by atoms with Gasteiger partial charge in [0.05, 0.1) is 5.52 Å². The van der Waals surface area contributed by atoms with Gasteiger partial charge in [-0.2, -0.15) is 0 Å². The van der Waals surface area contributed by atoms with Crippen LogP contribution in [-0.4, -0.2) is 4.98 Å². The van der Waals surface area contributed by atoms with Gasteiger partial charge >= 0.3 is 0 Å². The normalized spacial score (nSPS) is 11.7. The summed E-state index contributed by atoms with van der Waals surface area (Å²) in [6.07, 6.45) is 0. The van der Waals surface area contributed by atoms with Gasteiger partial charge in [-0.25, -0.2) is 0 Å². The molecular weight excluding hydrogens is 326 g/mol. The molecule has 0 aliphatic heterocycles. The lowest BCUT2D eigenvalue weighted by molar-refractivity contribution is 1.54. The first-order valence-corrected chi connectivity index (χ1v) is 9.30. The van der Waals surface area contributed by atoms with E-state index < -0.39 is 0 Å². The average Bonchev–Trinajstić information content (AvgIpc) is 3.13. The molecule has 0 aliphatic rings. The molecule has 6 rings (SSSR count). The topological polar surface area (TPSA) is 15.8 Å². The summed E-state index contributed by atoms with van der Waals surface area (Å²) in [7, 11) is 0. The van der Waals surface area contributed by atoms with E-state index >= 15 is 0 Å². The highest BCUT2D eigenvalue weighted by Gasteiger charge is 2.13. The molecule has 0 bridgehead atoms. The van der Waals surface area contributed by atoms with Crippen molar-refractivity contribution >= 4 is 43.4 Å². The number of benzene rings is 5. The highest BCUT2D eigenvalue weighted by molar-refractivity contribution is 6.22. The van der Waals surface area contributed by atoms with Crippen molar-refractivity contribution in [2.45, 2.75) is 0 Å². The number of aromatic amines is 1. The van der Waals surface area contributed by atoms with Gasteiger partial charge in [0.15, 0.2) is 0 Å². The van der Waals surface area contributed by atoms with Crippen molar-refractivity contribution in [3.05, 3.63) is 97.1 Å². The molecule has 1 aromatic heterocycles. The molecule has 0 amide bonds. The van der Waals surface area contributed by atoms with E-state index in [1.165, 1.54) is 54.5 Å². The first-order chi connectivity index (χ1) is 13.4. The Balaban J connectivity index is 1.77. The standard InChI is InChI=1S/C26H17N/c1-3-10-19-17(7-1)9-5-12-21(19)22-13-6-14-23-25-20-11-4-2-8-18(20)15-16-24(25)27-26(22)23/h1-16,27H. The average molecular weight is 343 g/mol. The monoisotopic (exact) mass is 343 g/mol. The van der Waals surface area contributed by atoms with Gasteiger partial charge in [0.25, 0.3) is 0 Å². The third-order valence-corrected chi connectivity index (χ3v) is 5.60. The smallest absolute Gasteiger partial charge is 0.0544 e. The minimum atomic E-state index is 1.19. The summed E-state index contributed by atoms with van der Waals surface area (Å²) in [5.74, 6) is 0. The molecule has 0 fully saturated rings. The minimum absolute atomic E-state index is 1.19. The van der Waals surface area contributed by atoms with Crippen LogP contribution in [0.25, 0.3) is 54.5 Å². The molecule has 1 nitrogen and oxygen atoms in total. The van der Waals surface area contributed by atoms with E-state index in [-0.39, 0.29) is 0 Å². The maximum Gasteiger partial charge on any atom is 0.0544 e. The molecule has 1 heterocycles. The molecule has 0 unspecified atom stereocenters. The largest absolute Gasteiger partial charge is 0.354 e. The molecule has 0 radical (unpaired) electrons. The van der Waals surface area contributed by atoms with Crippen LogP contribution >= 0.6 is 0 Å². The van der Waals surface area contributed by atoms with Crippen LogP contribution in [0.3, 0.4) is 0 Å². The lowest BCUT2D eigenvalue weighted by Gasteiger charge is -2.08. The molecule has 0 spiro atoms. The molecule has 1 N–H and O–H groups in total. The number of rotatable bonds is 1. The SMILES string of the molecule is c1ccc2c(-c3cccc4c3[nH]c3ccc5ccccc5c34)cccc2c1. The first-order valence-electron chi connectivity index (χ1n) is 9.30. The van der Waals surface area contributed by atoms with Gasteiger partial charge in [-0.05, 0) is 33.2 Å². The summed E-state index contributed by atoms with van der Waals surface area (Å²) in [4.78, 5) is 3.70. The number of aromatic nitrogens is 1. The Hall–Kier alpha value is -3.58. The predicted molar refractivity (Wildman–Crippen MR) is 116 cm³/mol. The fourth-order valence-electron chi connectivity index (χ4n) is 4.38. The van der Waals surface area contributed by atoms with Crippen LogP contribution in [0.15, 0.2) is 97.1 Å². The fourth-order valence-corrected chi connectivity index (χ4v) is 4.38. The second-order valence-electron chi connectivity index (χ2n) is 7.09. The van der Waals surface area contributed by atoms with Crippen LogP contribution < -0.4 is 0 Å². The second kappa shape index (κ2) is 5.46. The molecule has 1 heteroatoms. The summed E-state index contributed by atoms with van der Waals surface area (Å²) in [5, 5.41) is 7.74. The highest BCUT2D eigenvalue weighted by atomic mass is 14.7. The second-order valence-corrected chi connectivity index (χ2v) is 7.09. The molecule has 126 valence electrons. The summed E-state index contributed by atoms with van der Waals surface area (Å²) in [5.41, 5.74) is 4.93. The Morgan fingerprint density at radius 3 is 1.96 bits per heavy atom. The fraction of sp³-hybridized carbons (Fsp3) is 0. The van der Waals surface area contributed by atoms with Gasteiger partial charge in [-0.3, -0.25) is 0 Å². The van der Waals surface area contributed by atoms with Crippen LogP contribution in [0.5, 0.6) is 0 Å². The lowest BCUT2D eigenvalue weighted by Crippen LogP contribution is -1.83. The van der Waals surface area contributed by atoms with E-state index in [0.29, 0.717) is 0 Å². The zero-order chi connectivity index (χ0) is 17.8. The third-order valence-electron chi connectivity index (χ3n) is 5.60. The Bertz CT molecular complexity index is 1460. The molecule has 0 saturated heterocycles. The van der Waals surface area contributed by atoms with Gasteiger partial charge in [0.2, 0.25) is 0 Å². The maximum absolute atomic E-state index is 3.70. The molecule has 0 saturated carbocycles. The molecule has 6 aromatic rings. The zero-order valence-electron chi connectivity index (χ0n) is 14.7. The van der Waals surface area contributed by atoms with Crippen LogP contribution in [0.4, 0.5) is 0 Å². The Labute approximate surface area is 156 Å². The summed E-state index contributed by atoms with van der Waals surface area (Å²) in [6, 6.07) is 34.8.